The molecular weight excluding hydrogens is 300 g/mol. The number of hydrogen-bond donors (Lipinski definition) is 1. The number of hydrogen-bond acceptors (Lipinski definition) is 4. The van der Waals surface area contributed by atoms with Crippen LogP contribution in [0, 0.1) is 28.1 Å². The smallest absolute Gasteiger partial charge is 0.153 e. The van der Waals surface area contributed by atoms with Gasteiger partial charge >= 0.3 is 0 Å². The van der Waals surface area contributed by atoms with Crippen molar-refractivity contribution in [3.8, 4) is 17.9 Å². The first-order chi connectivity index (χ1) is 11.4. The molecule has 4 heteroatoms. The third-order valence-corrected chi connectivity index (χ3v) is 4.04. The molecule has 0 saturated heterocycles. The lowest BCUT2D eigenvalue weighted by Gasteiger charge is -2.30. The Morgan fingerprint density at radius 2 is 1.96 bits per heavy atom. The molecule has 1 N–H and O–H groups in total. The van der Waals surface area contributed by atoms with Gasteiger partial charge in [0.1, 0.15) is 23.5 Å². The molecule has 0 aliphatic heterocycles. The van der Waals surface area contributed by atoms with Crippen LogP contribution in [0.5, 0.6) is 5.75 Å². The minimum atomic E-state index is -0.0578. The van der Waals surface area contributed by atoms with Gasteiger partial charge in [-0.2, -0.15) is 10.5 Å². The van der Waals surface area contributed by atoms with Crippen LogP contribution in [0.15, 0.2) is 47.1 Å². The standard InChI is InChI=1S/C20H18N2O2/c1-20(2)8-7-15(18(10-20)17(11-21)12-22)5-3-14-4-6-19(24)16(9-14)13-23/h3-7,9,13,24H,8,10H2,1-2H3/b5-3+. The molecule has 0 unspecified atom stereocenters. The van der Waals surface area contributed by atoms with E-state index < -0.39 is 0 Å². The van der Waals surface area contributed by atoms with Crippen molar-refractivity contribution in [2.75, 3.05) is 0 Å². The molecule has 1 aromatic carbocycles. The van der Waals surface area contributed by atoms with Gasteiger partial charge in [0.2, 0.25) is 0 Å². The zero-order valence-electron chi connectivity index (χ0n) is 13.7. The molecule has 0 spiro atoms. The Morgan fingerprint density at radius 1 is 1.25 bits per heavy atom. The van der Waals surface area contributed by atoms with Gasteiger partial charge in [-0.15, -0.1) is 0 Å². The van der Waals surface area contributed by atoms with Crippen molar-refractivity contribution in [1.29, 1.82) is 10.5 Å². The maximum Gasteiger partial charge on any atom is 0.153 e. The van der Waals surface area contributed by atoms with Crippen molar-refractivity contribution in [2.45, 2.75) is 26.7 Å². The number of carbonyl (C=O) groups is 1. The summed E-state index contributed by atoms with van der Waals surface area (Å²) in [6.07, 6.45) is 7.81. The molecule has 1 aliphatic carbocycles. The summed E-state index contributed by atoms with van der Waals surface area (Å²) in [5.41, 5.74) is 2.74. The molecule has 0 heterocycles. The van der Waals surface area contributed by atoms with E-state index >= 15 is 0 Å². The molecule has 0 saturated carbocycles. The summed E-state index contributed by atoms with van der Waals surface area (Å²) in [6.45, 7) is 4.21. The number of aromatic hydroxyl groups is 1. The van der Waals surface area contributed by atoms with Crippen molar-refractivity contribution in [2.24, 2.45) is 5.41 Å². The predicted octanol–water partition coefficient (Wildman–Crippen LogP) is 4.31. The van der Waals surface area contributed by atoms with E-state index in [1.807, 2.05) is 30.4 Å². The van der Waals surface area contributed by atoms with Crippen LogP contribution in [0.4, 0.5) is 0 Å². The molecule has 1 aromatic rings. The summed E-state index contributed by atoms with van der Waals surface area (Å²) in [5, 5.41) is 27.9. The SMILES string of the molecule is CC1(C)CC=C(/C=C/c2ccc(O)c(C=O)c2)C(=C(C#N)C#N)C1. The van der Waals surface area contributed by atoms with Crippen LogP contribution in [0.2, 0.25) is 0 Å². The van der Waals surface area contributed by atoms with Crippen molar-refractivity contribution >= 4 is 12.4 Å². The summed E-state index contributed by atoms with van der Waals surface area (Å²) in [4.78, 5) is 10.9. The number of benzene rings is 1. The van der Waals surface area contributed by atoms with Crippen LogP contribution < -0.4 is 0 Å². The molecule has 0 radical (unpaired) electrons. The van der Waals surface area contributed by atoms with E-state index in [0.29, 0.717) is 12.7 Å². The molecule has 0 aromatic heterocycles. The second-order valence-corrected chi connectivity index (χ2v) is 6.55. The Hall–Kier alpha value is -3.11. The molecule has 0 amide bonds. The predicted molar refractivity (Wildman–Crippen MR) is 91.9 cm³/mol. The fourth-order valence-corrected chi connectivity index (χ4v) is 2.68. The number of carbonyl (C=O) groups excluding carboxylic acids is 1. The lowest BCUT2D eigenvalue weighted by atomic mass is 9.74. The van der Waals surface area contributed by atoms with Gasteiger partial charge in [-0.25, -0.2) is 0 Å². The quantitative estimate of drug-likeness (QED) is 0.665. The van der Waals surface area contributed by atoms with Crippen LogP contribution >= 0.6 is 0 Å². The normalized spacial score (nSPS) is 16.2. The van der Waals surface area contributed by atoms with Crippen LogP contribution in [0.3, 0.4) is 0 Å². The highest BCUT2D eigenvalue weighted by molar-refractivity contribution is 5.80. The average molecular weight is 318 g/mol. The molecular formula is C20H18N2O2. The fourth-order valence-electron chi connectivity index (χ4n) is 2.68. The second-order valence-electron chi connectivity index (χ2n) is 6.55. The maximum absolute atomic E-state index is 10.9. The molecule has 0 bridgehead atoms. The van der Waals surface area contributed by atoms with Gasteiger partial charge < -0.3 is 5.11 Å². The summed E-state index contributed by atoms with van der Waals surface area (Å²) in [6, 6.07) is 8.71. The summed E-state index contributed by atoms with van der Waals surface area (Å²) >= 11 is 0. The number of phenols is 1. The first-order valence-corrected chi connectivity index (χ1v) is 7.60. The number of nitrogens with zero attached hydrogens (tertiary/aromatic N) is 2. The van der Waals surface area contributed by atoms with Gasteiger partial charge in [0.25, 0.3) is 0 Å². The highest BCUT2D eigenvalue weighted by Gasteiger charge is 2.26. The first kappa shape index (κ1) is 17.2. The topological polar surface area (TPSA) is 84.9 Å². The molecule has 2 rings (SSSR count). The van der Waals surface area contributed by atoms with E-state index in [1.165, 1.54) is 6.07 Å². The van der Waals surface area contributed by atoms with Gasteiger partial charge in [0, 0.05) is 0 Å². The number of aldehydes is 1. The molecule has 1 aliphatic rings. The number of phenolic OH excluding ortho intramolecular Hbond substituents is 1. The Labute approximate surface area is 141 Å². The molecule has 120 valence electrons. The highest BCUT2D eigenvalue weighted by atomic mass is 16.3. The van der Waals surface area contributed by atoms with E-state index in [4.69, 9.17) is 0 Å². The van der Waals surface area contributed by atoms with Crippen molar-refractivity contribution in [3.63, 3.8) is 0 Å². The van der Waals surface area contributed by atoms with E-state index in [9.17, 15) is 20.4 Å². The van der Waals surface area contributed by atoms with Crippen molar-refractivity contribution < 1.29 is 9.90 Å². The monoisotopic (exact) mass is 318 g/mol. The zero-order valence-corrected chi connectivity index (χ0v) is 13.7. The highest BCUT2D eigenvalue weighted by Crippen LogP contribution is 2.39. The average Bonchev–Trinajstić information content (AvgIpc) is 2.56. The van der Waals surface area contributed by atoms with E-state index in [-0.39, 0.29) is 22.3 Å². The number of rotatable bonds is 3. The van der Waals surface area contributed by atoms with E-state index in [1.54, 1.807) is 12.1 Å². The van der Waals surface area contributed by atoms with Crippen LogP contribution in [-0.2, 0) is 0 Å². The van der Waals surface area contributed by atoms with Crippen LogP contribution in [-0.4, -0.2) is 11.4 Å². The van der Waals surface area contributed by atoms with Gasteiger partial charge in [-0.3, -0.25) is 4.79 Å². The lowest BCUT2D eigenvalue weighted by Crippen LogP contribution is -2.17. The van der Waals surface area contributed by atoms with Crippen LogP contribution in [0.1, 0.15) is 42.6 Å². The largest absolute Gasteiger partial charge is 0.507 e. The second kappa shape index (κ2) is 6.98. The Bertz CT molecular complexity index is 827. The number of nitriles is 2. The fraction of sp³-hybridized carbons (Fsp3) is 0.250. The van der Waals surface area contributed by atoms with Crippen molar-refractivity contribution in [3.05, 3.63) is 58.2 Å². The Morgan fingerprint density at radius 3 is 2.58 bits per heavy atom. The third kappa shape index (κ3) is 3.80. The molecule has 24 heavy (non-hydrogen) atoms. The number of allylic oxidation sites excluding steroid dienone is 5. The summed E-state index contributed by atoms with van der Waals surface area (Å²) in [5.74, 6) is -0.0578. The summed E-state index contributed by atoms with van der Waals surface area (Å²) < 4.78 is 0. The van der Waals surface area contributed by atoms with Crippen molar-refractivity contribution in [1.82, 2.24) is 0 Å². The third-order valence-electron chi connectivity index (χ3n) is 4.04. The molecule has 4 nitrogen and oxygen atoms in total. The summed E-state index contributed by atoms with van der Waals surface area (Å²) in [7, 11) is 0. The minimum absolute atomic E-state index is 0.00878. The van der Waals surface area contributed by atoms with Gasteiger partial charge in [-0.05, 0) is 47.1 Å². The van der Waals surface area contributed by atoms with Gasteiger partial charge in [0.05, 0.1) is 5.56 Å². The van der Waals surface area contributed by atoms with Crippen LogP contribution in [0.25, 0.3) is 6.08 Å². The van der Waals surface area contributed by atoms with Gasteiger partial charge in [0.15, 0.2) is 6.29 Å². The van der Waals surface area contributed by atoms with E-state index in [2.05, 4.69) is 13.8 Å². The Kier molecular flexibility index (Phi) is 5.02. The lowest BCUT2D eigenvalue weighted by molar-refractivity contribution is 0.112. The first-order valence-electron chi connectivity index (χ1n) is 7.60. The molecule has 0 atom stereocenters. The van der Waals surface area contributed by atoms with Gasteiger partial charge in [-0.1, -0.05) is 38.1 Å². The van der Waals surface area contributed by atoms with E-state index in [0.717, 1.165) is 23.1 Å². The Balaban J connectivity index is 2.41. The minimum Gasteiger partial charge on any atom is -0.507 e. The zero-order chi connectivity index (χ0) is 17.7. The maximum atomic E-state index is 10.9. The molecule has 0 fully saturated rings.